The smallest absolute Gasteiger partial charge is 0.479 e. The Morgan fingerprint density at radius 1 is 1.42 bits per heavy atom. The predicted molar refractivity (Wildman–Crippen MR) is 69.7 cm³/mol. The van der Waals surface area contributed by atoms with E-state index in [1.165, 1.54) is 39.1 Å². The third-order valence-electron chi connectivity index (χ3n) is 3.02. The van der Waals surface area contributed by atoms with Gasteiger partial charge >= 0.3 is 13.1 Å². The Balaban J connectivity index is 2.98. The third kappa shape index (κ3) is 3.22. The van der Waals surface area contributed by atoms with E-state index in [9.17, 15) is 20.0 Å². The summed E-state index contributed by atoms with van der Waals surface area (Å²) >= 11 is 0. The number of hydrogen-bond acceptors (Lipinski definition) is 6. The van der Waals surface area contributed by atoms with Crippen molar-refractivity contribution < 1.29 is 24.7 Å². The number of anilines is 1. The van der Waals surface area contributed by atoms with Gasteiger partial charge in [-0.15, -0.1) is 0 Å². The zero-order valence-electron chi connectivity index (χ0n) is 11.0. The van der Waals surface area contributed by atoms with E-state index in [4.69, 9.17) is 10.4 Å². The van der Waals surface area contributed by atoms with E-state index in [1.807, 2.05) is 0 Å². The van der Waals surface area contributed by atoms with Crippen molar-refractivity contribution in [2.45, 2.75) is 32.0 Å². The molecule has 0 aliphatic carbocycles. The molecule has 0 bridgehead atoms. The first-order valence-corrected chi connectivity index (χ1v) is 5.61. The zero-order chi connectivity index (χ0) is 14.8. The number of nitrogens with zero attached hydrogens (tertiary/aromatic N) is 1. The Morgan fingerprint density at radius 3 is 2.37 bits per heavy atom. The molecule has 0 saturated carbocycles. The summed E-state index contributed by atoms with van der Waals surface area (Å²) in [6, 6.07) is 2.91. The monoisotopic (exact) mass is 268 g/mol. The summed E-state index contributed by atoms with van der Waals surface area (Å²) < 4.78 is 5.11. The Morgan fingerprint density at radius 2 is 2.00 bits per heavy atom. The predicted octanol–water partition coefficient (Wildman–Crippen LogP) is -1.02. The first kappa shape index (κ1) is 15.4. The molecule has 1 unspecified atom stereocenters. The molecule has 1 aromatic heterocycles. The molecule has 7 nitrogen and oxygen atoms in total. The highest BCUT2D eigenvalue weighted by Gasteiger charge is 2.50. The van der Waals surface area contributed by atoms with Crippen molar-refractivity contribution >= 4 is 24.4 Å². The van der Waals surface area contributed by atoms with Crippen LogP contribution in [0.25, 0.3) is 0 Å². The van der Waals surface area contributed by atoms with Crippen molar-refractivity contribution in [2.75, 3.05) is 5.73 Å². The fourth-order valence-corrected chi connectivity index (χ4v) is 1.31. The second-order valence-electron chi connectivity index (χ2n) is 4.88. The minimum atomic E-state index is -1.98. The van der Waals surface area contributed by atoms with Gasteiger partial charge in [-0.05, 0) is 26.8 Å². The molecule has 0 aliphatic rings. The van der Waals surface area contributed by atoms with Gasteiger partial charge in [0.15, 0.2) is 5.60 Å². The number of aromatic nitrogens is 1. The van der Waals surface area contributed by atoms with Gasteiger partial charge in [0, 0.05) is 11.7 Å². The largest absolute Gasteiger partial charge is 0.493 e. The highest BCUT2D eigenvalue weighted by atomic mass is 16.6. The molecule has 104 valence electrons. The molecule has 0 spiro atoms. The fraction of sp³-hybridized carbons (Fsp3) is 0.455. The highest BCUT2D eigenvalue weighted by Crippen LogP contribution is 2.26. The maximum atomic E-state index is 11.3. The van der Waals surface area contributed by atoms with Crippen LogP contribution in [0.2, 0.25) is 0 Å². The Hall–Kier alpha value is -1.64. The summed E-state index contributed by atoms with van der Waals surface area (Å²) in [5.41, 5.74) is 1.97. The number of carbonyl (C=O) groups is 1. The third-order valence-corrected chi connectivity index (χ3v) is 3.02. The Kier molecular flexibility index (Phi) is 4.19. The number of carboxylic acids is 1. The van der Waals surface area contributed by atoms with E-state index in [-0.39, 0.29) is 11.3 Å². The molecule has 0 fully saturated rings. The molecule has 0 radical (unpaired) electrons. The second kappa shape index (κ2) is 5.16. The lowest BCUT2D eigenvalue weighted by atomic mass is 9.77. The fourth-order valence-electron chi connectivity index (χ4n) is 1.31. The number of nitrogens with two attached hydrogens (primary N) is 1. The van der Waals surface area contributed by atoms with Gasteiger partial charge in [0.2, 0.25) is 0 Å². The first-order chi connectivity index (χ1) is 8.58. The van der Waals surface area contributed by atoms with Gasteiger partial charge in [-0.3, -0.25) is 0 Å². The molecule has 0 amide bonds. The molecule has 5 N–H and O–H groups in total. The van der Waals surface area contributed by atoms with Crippen LogP contribution in [-0.2, 0) is 9.45 Å². The molecule has 1 rings (SSSR count). The first-order valence-electron chi connectivity index (χ1n) is 5.61. The van der Waals surface area contributed by atoms with E-state index < -0.39 is 24.3 Å². The van der Waals surface area contributed by atoms with Gasteiger partial charge in [-0.1, -0.05) is 6.07 Å². The molecule has 19 heavy (non-hydrogen) atoms. The van der Waals surface area contributed by atoms with Gasteiger partial charge in [0.25, 0.3) is 0 Å². The van der Waals surface area contributed by atoms with E-state index in [2.05, 4.69) is 4.98 Å². The van der Waals surface area contributed by atoms with Gasteiger partial charge in [0.05, 0.1) is 5.60 Å². The van der Waals surface area contributed by atoms with Crippen LogP contribution in [0.4, 0.5) is 5.82 Å². The minimum absolute atomic E-state index is 0.242. The summed E-state index contributed by atoms with van der Waals surface area (Å²) in [4.78, 5) is 15.0. The number of nitrogen functional groups attached to an aromatic ring is 1. The van der Waals surface area contributed by atoms with E-state index in [0.717, 1.165) is 0 Å². The van der Waals surface area contributed by atoms with Crippen molar-refractivity contribution in [2.24, 2.45) is 0 Å². The van der Waals surface area contributed by atoms with Gasteiger partial charge in [-0.2, -0.15) is 0 Å². The van der Waals surface area contributed by atoms with Crippen molar-refractivity contribution in [1.29, 1.82) is 0 Å². The van der Waals surface area contributed by atoms with Crippen LogP contribution in [0.15, 0.2) is 18.3 Å². The van der Waals surface area contributed by atoms with Crippen LogP contribution in [0.1, 0.15) is 20.8 Å². The lowest BCUT2D eigenvalue weighted by Crippen LogP contribution is -2.59. The zero-order valence-corrected chi connectivity index (χ0v) is 11.0. The lowest BCUT2D eigenvalue weighted by Gasteiger charge is -2.37. The maximum absolute atomic E-state index is 11.3. The van der Waals surface area contributed by atoms with Crippen LogP contribution >= 0.6 is 0 Å². The van der Waals surface area contributed by atoms with Crippen LogP contribution in [0.3, 0.4) is 0 Å². The lowest BCUT2D eigenvalue weighted by molar-refractivity contribution is -0.177. The molecule has 1 heterocycles. The van der Waals surface area contributed by atoms with Crippen molar-refractivity contribution in [3.8, 4) is 0 Å². The summed E-state index contributed by atoms with van der Waals surface area (Å²) in [6.45, 7) is 3.76. The number of hydrogen-bond donors (Lipinski definition) is 4. The molecular weight excluding hydrogens is 251 g/mol. The summed E-state index contributed by atoms with van der Waals surface area (Å²) in [6.07, 6.45) is 1.27. The highest BCUT2D eigenvalue weighted by molar-refractivity contribution is 6.60. The van der Waals surface area contributed by atoms with Crippen molar-refractivity contribution in [1.82, 2.24) is 4.98 Å². The standard InChI is InChI=1S/C11H17BN2O5/c1-10(2,17)11(3,9(15)16)19-12(18)7-4-5-8(13)14-6-7/h4-6,17-18H,1-3H3,(H2,13,14)(H,15,16). The van der Waals surface area contributed by atoms with E-state index >= 15 is 0 Å². The molecule has 1 aromatic rings. The molecule has 0 aliphatic heterocycles. The molecule has 0 saturated heterocycles. The molecular formula is C11H17BN2O5. The molecule has 8 heteroatoms. The normalized spacial score (nSPS) is 14.8. The second-order valence-corrected chi connectivity index (χ2v) is 4.88. The average Bonchev–Trinajstić information content (AvgIpc) is 2.27. The Bertz CT molecular complexity index is 459. The van der Waals surface area contributed by atoms with Crippen LogP contribution < -0.4 is 11.2 Å². The van der Waals surface area contributed by atoms with Crippen LogP contribution in [-0.4, -0.2) is 44.5 Å². The molecule has 1 atom stereocenters. The van der Waals surface area contributed by atoms with Crippen LogP contribution in [0.5, 0.6) is 0 Å². The quantitative estimate of drug-likeness (QED) is 0.503. The minimum Gasteiger partial charge on any atom is -0.479 e. The van der Waals surface area contributed by atoms with Gasteiger partial charge in [0.1, 0.15) is 5.82 Å². The van der Waals surface area contributed by atoms with Gasteiger partial charge < -0.3 is 25.6 Å². The summed E-state index contributed by atoms with van der Waals surface area (Å²) in [5, 5.41) is 29.0. The number of carboxylic acid groups (broad SMARTS) is 1. The summed E-state index contributed by atoms with van der Waals surface area (Å²) in [7, 11) is -1.54. The van der Waals surface area contributed by atoms with Crippen molar-refractivity contribution in [3.63, 3.8) is 0 Å². The number of aliphatic carboxylic acids is 1. The van der Waals surface area contributed by atoms with E-state index in [1.54, 1.807) is 0 Å². The maximum Gasteiger partial charge on any atom is 0.493 e. The SMILES string of the molecule is CC(C)(O)C(C)(OB(O)c1ccc(N)nc1)C(=O)O. The number of rotatable bonds is 5. The summed E-state index contributed by atoms with van der Waals surface area (Å²) in [5.74, 6) is -1.12. The number of aliphatic hydroxyl groups is 1. The van der Waals surface area contributed by atoms with Gasteiger partial charge in [-0.25, -0.2) is 9.78 Å². The number of pyridine rings is 1. The van der Waals surface area contributed by atoms with Crippen LogP contribution in [0, 0.1) is 0 Å². The van der Waals surface area contributed by atoms with Crippen molar-refractivity contribution in [3.05, 3.63) is 18.3 Å². The van der Waals surface area contributed by atoms with E-state index in [0.29, 0.717) is 0 Å². The topological polar surface area (TPSA) is 126 Å². The molecule has 0 aromatic carbocycles. The Labute approximate surface area is 111 Å². The average molecular weight is 268 g/mol.